The summed E-state index contributed by atoms with van der Waals surface area (Å²) >= 11 is 0. The summed E-state index contributed by atoms with van der Waals surface area (Å²) in [4.78, 5) is 15.2. The van der Waals surface area contributed by atoms with Gasteiger partial charge in [0.05, 0.1) is 13.7 Å². The molecule has 1 aromatic rings. The summed E-state index contributed by atoms with van der Waals surface area (Å²) in [5.74, 6) is 1.32. The van der Waals surface area contributed by atoms with Gasteiger partial charge in [0, 0.05) is 30.7 Å². The molecule has 5 heteroatoms. The molecule has 3 rings (SSSR count). The van der Waals surface area contributed by atoms with Crippen LogP contribution in [0.1, 0.15) is 68.6 Å². The molecule has 0 atom stereocenters. The molecule has 1 aliphatic heterocycles. The molecule has 0 radical (unpaired) electrons. The van der Waals surface area contributed by atoms with Crippen LogP contribution in [0, 0.1) is 0 Å². The number of hydrogen-bond acceptors (Lipinski definition) is 4. The van der Waals surface area contributed by atoms with Crippen LogP contribution < -0.4 is 14.8 Å². The minimum Gasteiger partial charge on any atom is -0.493 e. The molecule has 0 spiro atoms. The summed E-state index contributed by atoms with van der Waals surface area (Å²) in [5.41, 5.74) is 0.634. The fourth-order valence-corrected chi connectivity index (χ4v) is 3.76. The third kappa shape index (κ3) is 5.86. The largest absolute Gasteiger partial charge is 0.493 e. The number of nitrogens with one attached hydrogen (secondary N) is 1. The monoisotopic (exact) mass is 374 g/mol. The van der Waals surface area contributed by atoms with Gasteiger partial charge in [-0.1, -0.05) is 26.2 Å². The fourth-order valence-electron chi connectivity index (χ4n) is 3.76. The van der Waals surface area contributed by atoms with E-state index in [4.69, 9.17) is 9.47 Å². The van der Waals surface area contributed by atoms with E-state index in [-0.39, 0.29) is 11.9 Å². The zero-order valence-electron chi connectivity index (χ0n) is 16.8. The molecule has 1 saturated heterocycles. The Morgan fingerprint density at radius 1 is 1.11 bits per heavy atom. The highest BCUT2D eigenvalue weighted by Gasteiger charge is 2.32. The van der Waals surface area contributed by atoms with Crippen LogP contribution in [-0.4, -0.2) is 49.7 Å². The molecule has 1 saturated carbocycles. The minimum absolute atomic E-state index is 0.0207. The lowest BCUT2D eigenvalue weighted by Gasteiger charge is -2.32. The predicted molar refractivity (Wildman–Crippen MR) is 108 cm³/mol. The molecule has 1 aromatic carbocycles. The molecule has 5 nitrogen and oxygen atoms in total. The molecule has 1 amide bonds. The number of carbonyl (C=O) groups is 1. The second-order valence-corrected chi connectivity index (χ2v) is 7.79. The van der Waals surface area contributed by atoms with Crippen molar-refractivity contribution in [1.82, 2.24) is 10.2 Å². The van der Waals surface area contributed by atoms with Crippen molar-refractivity contribution in [2.24, 2.45) is 0 Å². The number of benzene rings is 1. The normalized spacial score (nSPS) is 18.3. The highest BCUT2D eigenvalue weighted by Crippen LogP contribution is 2.30. The van der Waals surface area contributed by atoms with Gasteiger partial charge in [-0.05, 0) is 50.3 Å². The maximum atomic E-state index is 12.6. The topological polar surface area (TPSA) is 50.8 Å². The molecular weight excluding hydrogens is 340 g/mol. The minimum atomic E-state index is -0.0207. The van der Waals surface area contributed by atoms with Crippen LogP contribution in [0.3, 0.4) is 0 Å². The van der Waals surface area contributed by atoms with Gasteiger partial charge in [0.1, 0.15) is 0 Å². The van der Waals surface area contributed by atoms with Gasteiger partial charge in [0.15, 0.2) is 11.5 Å². The number of carbonyl (C=O) groups excluding carboxylic acids is 1. The summed E-state index contributed by atoms with van der Waals surface area (Å²) in [6.45, 7) is 5.08. The van der Waals surface area contributed by atoms with Gasteiger partial charge in [-0.3, -0.25) is 4.79 Å². The van der Waals surface area contributed by atoms with Crippen LogP contribution in [0.15, 0.2) is 18.2 Å². The highest BCUT2D eigenvalue weighted by molar-refractivity contribution is 5.95. The molecule has 0 aromatic heterocycles. The molecular formula is C22H34N2O3. The molecule has 2 fully saturated rings. The third-order valence-electron chi connectivity index (χ3n) is 5.61. The molecule has 1 N–H and O–H groups in total. The Hall–Kier alpha value is -1.75. The lowest BCUT2D eigenvalue weighted by atomic mass is 10.0. The first kappa shape index (κ1) is 20.0. The van der Waals surface area contributed by atoms with Gasteiger partial charge in [0.25, 0.3) is 5.91 Å². The smallest absolute Gasteiger partial charge is 0.251 e. The second-order valence-electron chi connectivity index (χ2n) is 7.79. The standard InChI is InChI=1S/C22H34N2O3/c1-3-4-5-6-15-27-20-10-7-17(16-21(20)26-2)22(25)23-18-11-13-24(14-12-18)19-8-9-19/h7,10,16,18-19H,3-6,8-9,11-15H2,1-2H3,(H,23,25). The average Bonchev–Trinajstić information content (AvgIpc) is 3.53. The number of methoxy groups -OCH3 is 1. The van der Waals surface area contributed by atoms with E-state index in [2.05, 4.69) is 17.1 Å². The number of rotatable bonds is 10. The first-order valence-corrected chi connectivity index (χ1v) is 10.6. The van der Waals surface area contributed by atoms with Crippen LogP contribution in [0.2, 0.25) is 0 Å². The van der Waals surface area contributed by atoms with E-state index >= 15 is 0 Å². The zero-order chi connectivity index (χ0) is 19.1. The highest BCUT2D eigenvalue weighted by atomic mass is 16.5. The van der Waals surface area contributed by atoms with Crippen molar-refractivity contribution >= 4 is 5.91 Å². The number of piperidine rings is 1. The van der Waals surface area contributed by atoms with Gasteiger partial charge < -0.3 is 19.7 Å². The Bertz CT molecular complexity index is 608. The summed E-state index contributed by atoms with van der Waals surface area (Å²) in [7, 11) is 1.62. The lowest BCUT2D eigenvalue weighted by Crippen LogP contribution is -2.45. The maximum absolute atomic E-state index is 12.6. The van der Waals surface area contributed by atoms with Crippen molar-refractivity contribution in [2.45, 2.75) is 70.4 Å². The van der Waals surface area contributed by atoms with Gasteiger partial charge >= 0.3 is 0 Å². The molecule has 1 aliphatic carbocycles. The van der Waals surface area contributed by atoms with Crippen LogP contribution in [0.25, 0.3) is 0 Å². The molecule has 150 valence electrons. The van der Waals surface area contributed by atoms with Crippen molar-refractivity contribution in [2.75, 3.05) is 26.8 Å². The lowest BCUT2D eigenvalue weighted by molar-refractivity contribution is 0.0908. The van der Waals surface area contributed by atoms with E-state index in [1.807, 2.05) is 12.1 Å². The Kier molecular flexibility index (Phi) is 7.39. The van der Waals surface area contributed by atoms with E-state index in [9.17, 15) is 4.79 Å². The van der Waals surface area contributed by atoms with Gasteiger partial charge in [-0.25, -0.2) is 0 Å². The Morgan fingerprint density at radius 3 is 2.56 bits per heavy atom. The number of hydrogen-bond donors (Lipinski definition) is 1. The molecule has 27 heavy (non-hydrogen) atoms. The van der Waals surface area contributed by atoms with E-state index in [0.29, 0.717) is 23.7 Å². The van der Waals surface area contributed by atoms with E-state index in [1.165, 1.54) is 32.1 Å². The number of amides is 1. The van der Waals surface area contributed by atoms with Crippen LogP contribution >= 0.6 is 0 Å². The van der Waals surface area contributed by atoms with Crippen LogP contribution in [-0.2, 0) is 0 Å². The van der Waals surface area contributed by atoms with Crippen molar-refractivity contribution in [3.63, 3.8) is 0 Å². The summed E-state index contributed by atoms with van der Waals surface area (Å²) < 4.78 is 11.3. The summed E-state index contributed by atoms with van der Waals surface area (Å²) in [6.07, 6.45) is 9.45. The first-order chi connectivity index (χ1) is 13.2. The molecule has 2 aliphatic rings. The second kappa shape index (κ2) is 9.98. The average molecular weight is 375 g/mol. The molecule has 0 bridgehead atoms. The SMILES string of the molecule is CCCCCCOc1ccc(C(=O)NC2CCN(C3CC3)CC2)cc1OC. The fraction of sp³-hybridized carbons (Fsp3) is 0.682. The summed E-state index contributed by atoms with van der Waals surface area (Å²) in [5, 5.41) is 3.19. The van der Waals surface area contributed by atoms with E-state index in [1.54, 1.807) is 13.2 Å². The van der Waals surface area contributed by atoms with Gasteiger partial charge in [-0.15, -0.1) is 0 Å². The maximum Gasteiger partial charge on any atom is 0.251 e. The number of ether oxygens (including phenoxy) is 2. The van der Waals surface area contributed by atoms with E-state index < -0.39 is 0 Å². The zero-order valence-corrected chi connectivity index (χ0v) is 16.8. The quantitative estimate of drug-likeness (QED) is 0.629. The van der Waals surface area contributed by atoms with E-state index in [0.717, 1.165) is 38.4 Å². The molecule has 0 unspecified atom stereocenters. The van der Waals surface area contributed by atoms with Crippen molar-refractivity contribution in [3.8, 4) is 11.5 Å². The number of unbranched alkanes of at least 4 members (excludes halogenated alkanes) is 3. The number of nitrogens with zero attached hydrogens (tertiary/aromatic N) is 1. The Labute approximate surface area is 163 Å². The van der Waals surface area contributed by atoms with Crippen molar-refractivity contribution < 1.29 is 14.3 Å². The predicted octanol–water partition coefficient (Wildman–Crippen LogP) is 4.01. The van der Waals surface area contributed by atoms with Gasteiger partial charge in [-0.2, -0.15) is 0 Å². The Morgan fingerprint density at radius 2 is 1.89 bits per heavy atom. The van der Waals surface area contributed by atoms with Crippen molar-refractivity contribution in [3.05, 3.63) is 23.8 Å². The molecule has 1 heterocycles. The van der Waals surface area contributed by atoms with Crippen LogP contribution in [0.4, 0.5) is 0 Å². The van der Waals surface area contributed by atoms with Crippen molar-refractivity contribution in [1.29, 1.82) is 0 Å². The van der Waals surface area contributed by atoms with Crippen LogP contribution in [0.5, 0.6) is 11.5 Å². The first-order valence-electron chi connectivity index (χ1n) is 10.6. The van der Waals surface area contributed by atoms with Gasteiger partial charge in [0.2, 0.25) is 0 Å². The number of likely N-dealkylation sites (tertiary alicyclic amines) is 1. The summed E-state index contributed by atoms with van der Waals surface area (Å²) in [6, 6.07) is 6.56. The third-order valence-corrected chi connectivity index (χ3v) is 5.61. The Balaban J connectivity index is 1.49.